The minimum absolute atomic E-state index is 0.00538. The van der Waals surface area contributed by atoms with Gasteiger partial charge in [0, 0.05) is 18.7 Å². The summed E-state index contributed by atoms with van der Waals surface area (Å²) in [5, 5.41) is 15.3. The van der Waals surface area contributed by atoms with Crippen LogP contribution in [0.1, 0.15) is 19.5 Å². The third kappa shape index (κ3) is 2.60. The Bertz CT molecular complexity index is 588. The topological polar surface area (TPSA) is 75.6 Å². The highest BCUT2D eigenvalue weighted by atomic mass is 32.2. The van der Waals surface area contributed by atoms with Gasteiger partial charge in [-0.25, -0.2) is 4.68 Å². The molecular weight excluding hydrogens is 262 g/mol. The molecule has 0 aliphatic heterocycles. The minimum Gasteiger partial charge on any atom is -0.310 e. The van der Waals surface area contributed by atoms with Gasteiger partial charge in [-0.1, -0.05) is 13.8 Å². The van der Waals surface area contributed by atoms with Gasteiger partial charge in [-0.05, 0) is 12.7 Å². The third-order valence-corrected chi connectivity index (χ3v) is 3.89. The minimum atomic E-state index is -0.0323. The fourth-order valence-corrected chi connectivity index (χ4v) is 2.68. The molecule has 0 aliphatic rings. The molecule has 104 valence electrons. The Balaban J connectivity index is 2.28. The summed E-state index contributed by atoms with van der Waals surface area (Å²) in [4.78, 5) is 12.1. The lowest BCUT2D eigenvalue weighted by atomic mass is 10.2. The molecule has 1 amide bonds. The number of aromatic amines is 1. The van der Waals surface area contributed by atoms with Crippen molar-refractivity contribution in [3.8, 4) is 0 Å². The van der Waals surface area contributed by atoms with Gasteiger partial charge in [0.05, 0.1) is 11.1 Å². The normalized spacial score (nSPS) is 12.8. The molecule has 2 rings (SSSR count). The molecule has 7 heteroatoms. The molecule has 2 N–H and O–H groups in total. The highest BCUT2D eigenvalue weighted by Gasteiger charge is 2.19. The van der Waals surface area contributed by atoms with E-state index < -0.39 is 0 Å². The first kappa shape index (κ1) is 13.9. The van der Waals surface area contributed by atoms with Gasteiger partial charge in [-0.2, -0.15) is 22.0 Å². The Morgan fingerprint density at radius 3 is 2.95 bits per heavy atom. The zero-order chi connectivity index (χ0) is 14.0. The Labute approximate surface area is 116 Å². The van der Waals surface area contributed by atoms with Crippen LogP contribution in [-0.4, -0.2) is 37.9 Å². The summed E-state index contributed by atoms with van der Waals surface area (Å²) >= 11 is 1.66. The Kier molecular flexibility index (Phi) is 4.14. The second-order valence-electron chi connectivity index (χ2n) is 4.57. The van der Waals surface area contributed by atoms with E-state index in [1.807, 2.05) is 27.2 Å². The summed E-state index contributed by atoms with van der Waals surface area (Å²) in [6.45, 7) is 3.96. The second kappa shape index (κ2) is 5.64. The number of hydrogen-bond acceptors (Lipinski definition) is 4. The number of anilines is 1. The Morgan fingerprint density at radius 2 is 2.32 bits per heavy atom. The van der Waals surface area contributed by atoms with Gasteiger partial charge < -0.3 is 5.32 Å². The van der Waals surface area contributed by atoms with E-state index in [9.17, 15) is 4.79 Å². The van der Waals surface area contributed by atoms with Crippen LogP contribution in [0.25, 0.3) is 11.0 Å². The van der Waals surface area contributed by atoms with Crippen LogP contribution in [0, 0.1) is 5.92 Å². The van der Waals surface area contributed by atoms with Crippen LogP contribution >= 0.6 is 11.8 Å². The van der Waals surface area contributed by atoms with Crippen molar-refractivity contribution in [1.82, 2.24) is 20.0 Å². The molecule has 2 aromatic rings. The SMILES string of the molecule is CCc1nn(C)c2n[nH]c(NC(=O)C(C)CSC)c12. The van der Waals surface area contributed by atoms with Crippen molar-refractivity contribution in [2.24, 2.45) is 13.0 Å². The highest BCUT2D eigenvalue weighted by molar-refractivity contribution is 7.98. The van der Waals surface area contributed by atoms with E-state index in [-0.39, 0.29) is 11.8 Å². The Hall–Kier alpha value is -1.50. The molecule has 1 atom stereocenters. The molecule has 0 spiro atoms. The summed E-state index contributed by atoms with van der Waals surface area (Å²) < 4.78 is 1.73. The number of hydrogen-bond donors (Lipinski definition) is 2. The predicted molar refractivity (Wildman–Crippen MR) is 78.4 cm³/mol. The van der Waals surface area contributed by atoms with E-state index in [1.165, 1.54) is 0 Å². The predicted octanol–water partition coefficient (Wildman–Crippen LogP) is 1.80. The molecule has 0 fully saturated rings. The van der Waals surface area contributed by atoms with E-state index in [2.05, 4.69) is 20.6 Å². The van der Waals surface area contributed by atoms with Gasteiger partial charge in [-0.15, -0.1) is 0 Å². The van der Waals surface area contributed by atoms with E-state index in [0.29, 0.717) is 5.82 Å². The maximum absolute atomic E-state index is 12.1. The van der Waals surface area contributed by atoms with Gasteiger partial charge in [0.2, 0.25) is 5.91 Å². The van der Waals surface area contributed by atoms with Crippen molar-refractivity contribution in [3.63, 3.8) is 0 Å². The maximum Gasteiger partial charge on any atom is 0.229 e. The molecular formula is C12H19N5OS. The molecule has 2 heterocycles. The van der Waals surface area contributed by atoms with Crippen molar-refractivity contribution in [3.05, 3.63) is 5.69 Å². The first-order valence-corrected chi connectivity index (χ1v) is 7.67. The zero-order valence-electron chi connectivity index (χ0n) is 11.6. The van der Waals surface area contributed by atoms with Crippen molar-refractivity contribution in [1.29, 1.82) is 0 Å². The fraction of sp³-hybridized carbons (Fsp3) is 0.583. The quantitative estimate of drug-likeness (QED) is 0.876. The summed E-state index contributed by atoms with van der Waals surface area (Å²) in [5.41, 5.74) is 1.71. The number of amides is 1. The van der Waals surface area contributed by atoms with Crippen LogP contribution in [0.15, 0.2) is 0 Å². The number of carbonyl (C=O) groups is 1. The molecule has 19 heavy (non-hydrogen) atoms. The van der Waals surface area contributed by atoms with Crippen LogP contribution in [0.4, 0.5) is 5.82 Å². The van der Waals surface area contributed by atoms with Crippen molar-refractivity contribution >= 4 is 34.5 Å². The molecule has 0 aliphatic carbocycles. The van der Waals surface area contributed by atoms with Crippen LogP contribution in [-0.2, 0) is 18.3 Å². The summed E-state index contributed by atoms with van der Waals surface area (Å²) in [6, 6.07) is 0. The van der Waals surface area contributed by atoms with Crippen LogP contribution < -0.4 is 5.32 Å². The first-order chi connectivity index (χ1) is 9.08. The number of aryl methyl sites for hydroxylation is 2. The van der Waals surface area contributed by atoms with E-state index >= 15 is 0 Å². The lowest BCUT2D eigenvalue weighted by Crippen LogP contribution is -2.22. The lowest BCUT2D eigenvalue weighted by molar-refractivity contribution is -0.118. The summed E-state index contributed by atoms with van der Waals surface area (Å²) in [5.74, 6) is 1.43. The zero-order valence-corrected chi connectivity index (χ0v) is 12.5. The number of nitrogens with zero attached hydrogens (tertiary/aromatic N) is 3. The van der Waals surface area contributed by atoms with Gasteiger partial charge in [0.1, 0.15) is 5.82 Å². The van der Waals surface area contributed by atoms with E-state index in [1.54, 1.807) is 16.4 Å². The molecule has 1 unspecified atom stereocenters. The highest BCUT2D eigenvalue weighted by Crippen LogP contribution is 2.24. The lowest BCUT2D eigenvalue weighted by Gasteiger charge is -2.09. The maximum atomic E-state index is 12.1. The molecule has 6 nitrogen and oxygen atoms in total. The standard InChI is InChI=1S/C12H19N5OS/c1-5-8-9-10(13-12(18)7(2)6-19-4)14-15-11(9)17(3)16-8/h7H,5-6H2,1-4H3,(H2,13,14,15,18). The molecule has 0 saturated carbocycles. The van der Waals surface area contributed by atoms with Gasteiger partial charge >= 0.3 is 0 Å². The van der Waals surface area contributed by atoms with Gasteiger partial charge in [0.15, 0.2) is 5.65 Å². The molecule has 0 bridgehead atoms. The van der Waals surface area contributed by atoms with E-state index in [0.717, 1.165) is 28.9 Å². The second-order valence-corrected chi connectivity index (χ2v) is 5.48. The van der Waals surface area contributed by atoms with E-state index in [4.69, 9.17) is 0 Å². The number of rotatable bonds is 5. The van der Waals surface area contributed by atoms with Crippen molar-refractivity contribution in [2.75, 3.05) is 17.3 Å². The molecule has 0 saturated heterocycles. The summed E-state index contributed by atoms with van der Waals surface area (Å²) in [6.07, 6.45) is 2.80. The average molecular weight is 281 g/mol. The summed E-state index contributed by atoms with van der Waals surface area (Å²) in [7, 11) is 1.85. The number of aromatic nitrogens is 4. The average Bonchev–Trinajstić information content (AvgIpc) is 2.92. The number of thioether (sulfide) groups is 1. The monoisotopic (exact) mass is 281 g/mol. The van der Waals surface area contributed by atoms with Gasteiger partial charge in [-0.3, -0.25) is 9.89 Å². The number of carbonyl (C=O) groups excluding carboxylic acids is 1. The molecule has 0 aromatic carbocycles. The van der Waals surface area contributed by atoms with Crippen LogP contribution in [0.3, 0.4) is 0 Å². The first-order valence-electron chi connectivity index (χ1n) is 6.28. The molecule has 0 radical (unpaired) electrons. The molecule has 2 aromatic heterocycles. The smallest absolute Gasteiger partial charge is 0.229 e. The van der Waals surface area contributed by atoms with Gasteiger partial charge in [0.25, 0.3) is 0 Å². The van der Waals surface area contributed by atoms with Crippen LogP contribution in [0.2, 0.25) is 0 Å². The fourth-order valence-electron chi connectivity index (χ4n) is 2.03. The largest absolute Gasteiger partial charge is 0.310 e. The third-order valence-electron chi connectivity index (χ3n) is 3.06. The number of fused-ring (bicyclic) bond motifs is 1. The van der Waals surface area contributed by atoms with Crippen LogP contribution in [0.5, 0.6) is 0 Å². The number of nitrogens with one attached hydrogen (secondary N) is 2. The van der Waals surface area contributed by atoms with Crippen molar-refractivity contribution in [2.45, 2.75) is 20.3 Å². The Morgan fingerprint density at radius 1 is 1.58 bits per heavy atom. The number of H-pyrrole nitrogens is 1. The van der Waals surface area contributed by atoms with Crippen molar-refractivity contribution < 1.29 is 4.79 Å².